The monoisotopic (exact) mass is 712 g/mol. The number of benzene rings is 2. The Morgan fingerprint density at radius 2 is 1.49 bits per heavy atom. The maximum absolute atomic E-state index is 14.3. The number of fused-ring (bicyclic) bond motifs is 5. The van der Waals surface area contributed by atoms with Crippen molar-refractivity contribution in [2.75, 3.05) is 13.2 Å². The van der Waals surface area contributed by atoms with E-state index in [0.717, 1.165) is 44.9 Å². The van der Waals surface area contributed by atoms with Crippen LogP contribution in [0.2, 0.25) is 5.04 Å². The second-order valence-corrected chi connectivity index (χ2v) is 23.2. The third-order valence-corrected chi connectivity index (χ3v) is 20.1. The quantitative estimate of drug-likeness (QED) is 0.208. The van der Waals surface area contributed by atoms with E-state index in [9.17, 15) is 9.90 Å². The normalized spacial score (nSPS) is 35.6. The first-order chi connectivity index (χ1) is 24.1. The molecule has 2 aromatic carbocycles. The number of ketones is 1. The SMILES string of the molecule is CC(C)CCC1([C@@H](C)[C@@]2(O)C(=O)C[C@H]3[C@@H]4CC=C5C[C@@H](O[Si](c6ccccc6)(c6ccccc6)C(C)(C)C)CC[C@]5(C)[C@H]4CC[C@@]32C)OCCO1. The zero-order valence-electron chi connectivity index (χ0n) is 32.7. The van der Waals surface area contributed by atoms with E-state index in [2.05, 4.69) is 115 Å². The Morgan fingerprint density at radius 1 is 0.882 bits per heavy atom. The minimum absolute atomic E-state index is 0.00788. The van der Waals surface area contributed by atoms with E-state index < -0.39 is 31.0 Å². The number of rotatable bonds is 9. The fraction of sp³-hybridized carbons (Fsp3) is 0.667. The van der Waals surface area contributed by atoms with Crippen LogP contribution in [0.25, 0.3) is 0 Å². The smallest absolute Gasteiger partial charge is 0.261 e. The Kier molecular flexibility index (Phi) is 9.74. The van der Waals surface area contributed by atoms with Gasteiger partial charge in [-0.15, -0.1) is 0 Å². The van der Waals surface area contributed by atoms with Crippen molar-refractivity contribution in [2.24, 2.45) is 40.4 Å². The average Bonchev–Trinajstić information content (AvgIpc) is 3.67. The summed E-state index contributed by atoms with van der Waals surface area (Å²) < 4.78 is 20.4. The maximum Gasteiger partial charge on any atom is 0.261 e. The fourth-order valence-electron chi connectivity index (χ4n) is 12.1. The zero-order valence-corrected chi connectivity index (χ0v) is 33.7. The third-order valence-electron chi connectivity index (χ3n) is 15.0. The van der Waals surface area contributed by atoms with Crippen molar-refractivity contribution in [1.82, 2.24) is 0 Å². The van der Waals surface area contributed by atoms with Gasteiger partial charge in [0.1, 0.15) is 5.60 Å². The van der Waals surface area contributed by atoms with E-state index in [4.69, 9.17) is 13.9 Å². The molecule has 7 rings (SSSR count). The largest absolute Gasteiger partial charge is 0.404 e. The Labute approximate surface area is 309 Å². The van der Waals surface area contributed by atoms with Crippen LogP contribution in [0.3, 0.4) is 0 Å². The number of hydrogen-bond donors (Lipinski definition) is 1. The van der Waals surface area contributed by atoms with Crippen LogP contribution in [0.4, 0.5) is 0 Å². The first kappa shape index (κ1) is 37.2. The molecule has 5 nitrogen and oxygen atoms in total. The number of carbonyl (C=O) groups is 1. The third kappa shape index (κ3) is 5.72. The second kappa shape index (κ2) is 13.3. The molecule has 1 N–H and O–H groups in total. The highest BCUT2D eigenvalue weighted by Gasteiger charge is 2.72. The van der Waals surface area contributed by atoms with Crippen molar-refractivity contribution in [1.29, 1.82) is 0 Å². The highest BCUT2D eigenvalue weighted by atomic mass is 28.4. The number of hydrogen-bond acceptors (Lipinski definition) is 5. The molecule has 3 saturated carbocycles. The summed E-state index contributed by atoms with van der Waals surface area (Å²) in [6.45, 7) is 19.4. The van der Waals surface area contributed by atoms with Crippen LogP contribution in [0.15, 0.2) is 72.3 Å². The summed E-state index contributed by atoms with van der Waals surface area (Å²) in [5.74, 6) is 0.206. The molecule has 4 aliphatic carbocycles. The van der Waals surface area contributed by atoms with Crippen molar-refractivity contribution in [3.63, 3.8) is 0 Å². The van der Waals surface area contributed by atoms with E-state index in [1.165, 1.54) is 10.4 Å². The van der Waals surface area contributed by atoms with Crippen LogP contribution in [-0.4, -0.2) is 49.9 Å². The van der Waals surface area contributed by atoms with E-state index in [0.29, 0.717) is 43.8 Å². The minimum Gasteiger partial charge on any atom is -0.404 e. The first-order valence-corrected chi connectivity index (χ1v) is 22.1. The number of carbonyl (C=O) groups excluding carboxylic acids is 1. The summed E-state index contributed by atoms with van der Waals surface area (Å²) in [6.07, 6.45) is 10.8. The topological polar surface area (TPSA) is 65.0 Å². The van der Waals surface area contributed by atoms with E-state index in [1.807, 2.05) is 6.92 Å². The predicted octanol–water partition coefficient (Wildman–Crippen LogP) is 8.62. The van der Waals surface area contributed by atoms with Gasteiger partial charge in [-0.3, -0.25) is 4.79 Å². The molecule has 0 bridgehead atoms. The summed E-state index contributed by atoms with van der Waals surface area (Å²) >= 11 is 0. The van der Waals surface area contributed by atoms with E-state index in [-0.39, 0.29) is 28.3 Å². The molecule has 0 aromatic heterocycles. The zero-order chi connectivity index (χ0) is 36.5. The maximum atomic E-state index is 14.3. The molecule has 0 spiro atoms. The lowest BCUT2D eigenvalue weighted by Crippen LogP contribution is -2.68. The lowest BCUT2D eigenvalue weighted by Gasteiger charge is -2.60. The molecule has 8 atom stereocenters. The van der Waals surface area contributed by atoms with Gasteiger partial charge in [0.2, 0.25) is 0 Å². The molecule has 6 heteroatoms. The Hall–Kier alpha value is -2.09. The van der Waals surface area contributed by atoms with Crippen LogP contribution < -0.4 is 10.4 Å². The molecule has 4 fully saturated rings. The molecule has 2 aromatic rings. The fourth-order valence-corrected chi connectivity index (χ4v) is 16.9. The van der Waals surface area contributed by atoms with Gasteiger partial charge in [0.15, 0.2) is 11.6 Å². The van der Waals surface area contributed by atoms with Gasteiger partial charge in [0.25, 0.3) is 8.32 Å². The molecule has 1 aliphatic heterocycles. The Bertz CT molecular complexity index is 1550. The van der Waals surface area contributed by atoms with Gasteiger partial charge in [-0.05, 0) is 89.4 Å². The van der Waals surface area contributed by atoms with Gasteiger partial charge >= 0.3 is 0 Å². The Balaban J connectivity index is 1.16. The molecule has 5 aliphatic rings. The molecule has 0 radical (unpaired) electrons. The molecule has 1 saturated heterocycles. The summed E-state index contributed by atoms with van der Waals surface area (Å²) in [6, 6.07) is 22.1. The second-order valence-electron chi connectivity index (χ2n) is 18.9. The van der Waals surface area contributed by atoms with E-state index >= 15 is 0 Å². The highest BCUT2D eigenvalue weighted by Crippen LogP contribution is 2.68. The van der Waals surface area contributed by atoms with Crippen LogP contribution in [0, 0.1) is 40.4 Å². The van der Waals surface area contributed by atoms with Crippen molar-refractivity contribution in [3.8, 4) is 0 Å². The van der Waals surface area contributed by atoms with Crippen molar-refractivity contribution in [3.05, 3.63) is 72.3 Å². The Morgan fingerprint density at radius 3 is 2.06 bits per heavy atom. The van der Waals surface area contributed by atoms with Crippen LogP contribution in [-0.2, 0) is 18.7 Å². The number of ether oxygens (including phenoxy) is 2. The minimum atomic E-state index is -2.66. The molecule has 51 heavy (non-hydrogen) atoms. The van der Waals surface area contributed by atoms with Crippen LogP contribution in [0.5, 0.6) is 0 Å². The van der Waals surface area contributed by atoms with Crippen molar-refractivity contribution in [2.45, 2.75) is 136 Å². The molecular formula is C45H64O5Si. The lowest BCUT2D eigenvalue weighted by atomic mass is 9.46. The van der Waals surface area contributed by atoms with Crippen LogP contribution in [0.1, 0.15) is 113 Å². The summed E-state index contributed by atoms with van der Waals surface area (Å²) in [7, 11) is -2.66. The summed E-state index contributed by atoms with van der Waals surface area (Å²) in [5, 5.41) is 15.4. The van der Waals surface area contributed by atoms with Crippen molar-refractivity contribution < 1.29 is 23.8 Å². The standard InChI is InChI=1S/C45H64O5Si/c1-31(2)21-26-44(48-27-28-49-44)32(3)45(47)40(46)30-39-37-20-19-33-29-34(22-24-42(33,7)38(37)23-25-43(39,45)8)50-51(41(4,5)6,35-15-11-9-12-16-35)36-17-13-10-14-18-36/h9-19,31-32,34,37-39,47H,20-30H2,1-8H3/t32-,34+,37-,38+,39+,42+,43+,45-/m1/s1. The first-order valence-electron chi connectivity index (χ1n) is 20.1. The van der Waals surface area contributed by atoms with E-state index in [1.54, 1.807) is 5.57 Å². The van der Waals surface area contributed by atoms with Gasteiger partial charge < -0.3 is 19.0 Å². The molecule has 1 heterocycles. The summed E-state index contributed by atoms with van der Waals surface area (Å²) in [4.78, 5) is 14.3. The molecular weight excluding hydrogens is 649 g/mol. The van der Waals surface area contributed by atoms with Crippen molar-refractivity contribution >= 4 is 24.5 Å². The number of Topliss-reactive ketones (excluding diaryl/α,β-unsaturated/α-hetero) is 1. The van der Waals surface area contributed by atoms with Gasteiger partial charge in [-0.25, -0.2) is 0 Å². The van der Waals surface area contributed by atoms with Gasteiger partial charge in [-0.1, -0.05) is 128 Å². The lowest BCUT2D eigenvalue weighted by molar-refractivity contribution is -0.259. The number of allylic oxidation sites excluding steroid dienone is 1. The van der Waals surface area contributed by atoms with Gasteiger partial charge in [0, 0.05) is 30.3 Å². The predicted molar refractivity (Wildman–Crippen MR) is 207 cm³/mol. The molecule has 278 valence electrons. The molecule has 0 unspecified atom stereocenters. The number of aliphatic hydroxyl groups is 1. The highest BCUT2D eigenvalue weighted by molar-refractivity contribution is 6.99. The summed E-state index contributed by atoms with van der Waals surface area (Å²) in [5.41, 5.74) is -0.317. The molecule has 0 amide bonds. The van der Waals surface area contributed by atoms with Gasteiger partial charge in [-0.2, -0.15) is 0 Å². The van der Waals surface area contributed by atoms with Crippen LogP contribution >= 0.6 is 0 Å². The average molecular weight is 713 g/mol. The van der Waals surface area contributed by atoms with Gasteiger partial charge in [0.05, 0.1) is 13.2 Å².